The van der Waals surface area contributed by atoms with Crippen molar-refractivity contribution in [3.05, 3.63) is 48.3 Å². The second-order valence-corrected chi connectivity index (χ2v) is 6.24. The first-order valence-corrected chi connectivity index (χ1v) is 8.64. The molecule has 7 nitrogen and oxygen atoms in total. The number of rotatable bonds is 6. The Kier molecular flexibility index (Phi) is 6.03. The number of nitrogens with zero attached hydrogens (tertiary/aromatic N) is 3. The van der Waals surface area contributed by atoms with Gasteiger partial charge in [0.25, 0.3) is 0 Å². The first-order chi connectivity index (χ1) is 12.2. The molecule has 1 fully saturated rings. The second kappa shape index (κ2) is 8.64. The molecule has 2 amide bonds. The summed E-state index contributed by atoms with van der Waals surface area (Å²) in [6.45, 7) is 6.74. The Morgan fingerprint density at radius 2 is 2.04 bits per heavy atom. The summed E-state index contributed by atoms with van der Waals surface area (Å²) in [5.41, 5.74) is 1.85. The quantitative estimate of drug-likeness (QED) is 0.839. The van der Waals surface area contributed by atoms with Crippen LogP contribution in [0.25, 0.3) is 0 Å². The summed E-state index contributed by atoms with van der Waals surface area (Å²) < 4.78 is 7.16. The summed E-state index contributed by atoms with van der Waals surface area (Å²) >= 11 is 0. The molecule has 134 valence electrons. The van der Waals surface area contributed by atoms with Gasteiger partial charge in [-0.25, -0.2) is 4.79 Å². The monoisotopic (exact) mass is 343 g/mol. The fourth-order valence-corrected chi connectivity index (χ4v) is 2.85. The number of carbonyl (C=O) groups is 1. The van der Waals surface area contributed by atoms with Crippen molar-refractivity contribution in [2.24, 2.45) is 0 Å². The number of hydrogen-bond donors (Lipinski definition) is 2. The molecule has 2 aromatic rings. The largest absolute Gasteiger partial charge is 0.379 e. The van der Waals surface area contributed by atoms with Crippen molar-refractivity contribution in [1.29, 1.82) is 0 Å². The van der Waals surface area contributed by atoms with Crippen LogP contribution in [0.15, 0.2) is 42.7 Å². The van der Waals surface area contributed by atoms with Crippen LogP contribution in [-0.4, -0.2) is 59.6 Å². The van der Waals surface area contributed by atoms with Gasteiger partial charge in [0.2, 0.25) is 0 Å². The summed E-state index contributed by atoms with van der Waals surface area (Å²) in [7, 11) is 0. The first kappa shape index (κ1) is 17.4. The summed E-state index contributed by atoms with van der Waals surface area (Å²) in [4.78, 5) is 14.4. The lowest BCUT2D eigenvalue weighted by Crippen LogP contribution is -2.47. The number of morpholine rings is 1. The van der Waals surface area contributed by atoms with Gasteiger partial charge in [0.1, 0.15) is 0 Å². The molecule has 7 heteroatoms. The Morgan fingerprint density at radius 1 is 1.28 bits per heavy atom. The molecule has 1 saturated heterocycles. The second-order valence-electron chi connectivity index (χ2n) is 6.24. The predicted octanol–water partition coefficient (Wildman–Crippen LogP) is 1.77. The van der Waals surface area contributed by atoms with Gasteiger partial charge in [-0.05, 0) is 12.5 Å². The van der Waals surface area contributed by atoms with E-state index in [9.17, 15) is 4.79 Å². The predicted molar refractivity (Wildman–Crippen MR) is 96.6 cm³/mol. The van der Waals surface area contributed by atoms with Crippen LogP contribution in [0.3, 0.4) is 0 Å². The van der Waals surface area contributed by atoms with Crippen LogP contribution in [0.2, 0.25) is 0 Å². The molecule has 1 atom stereocenters. The van der Waals surface area contributed by atoms with Crippen molar-refractivity contribution in [3.8, 4) is 0 Å². The van der Waals surface area contributed by atoms with Gasteiger partial charge in [-0.15, -0.1) is 0 Å². The van der Waals surface area contributed by atoms with E-state index in [1.807, 2.05) is 24.4 Å². The third kappa shape index (κ3) is 5.30. The fourth-order valence-electron chi connectivity index (χ4n) is 2.85. The topological polar surface area (TPSA) is 71.4 Å². The minimum absolute atomic E-state index is 0.209. The van der Waals surface area contributed by atoms with Crippen molar-refractivity contribution in [1.82, 2.24) is 20.0 Å². The van der Waals surface area contributed by atoms with Crippen molar-refractivity contribution in [2.45, 2.75) is 19.5 Å². The van der Waals surface area contributed by atoms with Gasteiger partial charge >= 0.3 is 6.03 Å². The molecule has 0 aliphatic carbocycles. The van der Waals surface area contributed by atoms with Crippen LogP contribution in [0.4, 0.5) is 10.5 Å². The molecule has 0 radical (unpaired) electrons. The average molecular weight is 343 g/mol. The highest BCUT2D eigenvalue weighted by atomic mass is 16.5. The third-order valence-corrected chi connectivity index (χ3v) is 4.31. The van der Waals surface area contributed by atoms with Crippen LogP contribution < -0.4 is 10.6 Å². The first-order valence-electron chi connectivity index (χ1n) is 8.64. The van der Waals surface area contributed by atoms with Gasteiger partial charge in [0, 0.05) is 31.9 Å². The molecule has 1 aromatic heterocycles. The molecule has 0 saturated carbocycles. The van der Waals surface area contributed by atoms with E-state index in [2.05, 4.69) is 39.7 Å². The van der Waals surface area contributed by atoms with Crippen LogP contribution in [0, 0.1) is 0 Å². The number of anilines is 1. The molecule has 1 aliphatic rings. The molecular weight excluding hydrogens is 318 g/mol. The number of aromatic nitrogens is 2. The van der Waals surface area contributed by atoms with E-state index >= 15 is 0 Å². The summed E-state index contributed by atoms with van der Waals surface area (Å²) in [6, 6.07) is 10.2. The third-order valence-electron chi connectivity index (χ3n) is 4.31. The maximum Gasteiger partial charge on any atom is 0.319 e. The van der Waals surface area contributed by atoms with Crippen molar-refractivity contribution < 1.29 is 9.53 Å². The van der Waals surface area contributed by atoms with E-state index in [0.717, 1.165) is 26.3 Å². The molecule has 25 heavy (non-hydrogen) atoms. The maximum absolute atomic E-state index is 12.1. The number of amides is 2. The number of nitrogens with one attached hydrogen (secondary N) is 2. The van der Waals surface area contributed by atoms with Crippen molar-refractivity contribution in [2.75, 3.05) is 38.2 Å². The number of hydrogen-bond acceptors (Lipinski definition) is 4. The van der Waals surface area contributed by atoms with Crippen LogP contribution >= 0.6 is 0 Å². The number of carbonyl (C=O) groups excluding carboxylic acids is 1. The molecule has 3 rings (SSSR count). The van der Waals surface area contributed by atoms with Gasteiger partial charge in [0.05, 0.1) is 31.6 Å². The highest BCUT2D eigenvalue weighted by Crippen LogP contribution is 2.08. The number of ether oxygens (including phenoxy) is 1. The van der Waals surface area contributed by atoms with E-state index < -0.39 is 0 Å². The van der Waals surface area contributed by atoms with Gasteiger partial charge in [-0.1, -0.05) is 30.3 Å². The van der Waals surface area contributed by atoms with E-state index in [0.29, 0.717) is 18.8 Å². The lowest BCUT2D eigenvalue weighted by atomic mass is 10.2. The smallest absolute Gasteiger partial charge is 0.319 e. The minimum Gasteiger partial charge on any atom is -0.379 e. The molecule has 0 spiro atoms. The zero-order chi connectivity index (χ0) is 17.5. The van der Waals surface area contributed by atoms with E-state index in [4.69, 9.17) is 4.74 Å². The highest BCUT2D eigenvalue weighted by molar-refractivity contribution is 5.88. The Hall–Kier alpha value is -2.38. The number of benzene rings is 1. The Morgan fingerprint density at radius 3 is 2.80 bits per heavy atom. The fraction of sp³-hybridized carbons (Fsp3) is 0.444. The van der Waals surface area contributed by atoms with Gasteiger partial charge in [-0.2, -0.15) is 5.10 Å². The lowest BCUT2D eigenvalue weighted by molar-refractivity contribution is 0.0209. The molecule has 1 aliphatic heterocycles. The Bertz CT molecular complexity index is 667. The summed E-state index contributed by atoms with van der Waals surface area (Å²) in [5, 5.41) is 10.0. The molecule has 0 bridgehead atoms. The van der Waals surface area contributed by atoms with Crippen LogP contribution in [0.5, 0.6) is 0 Å². The summed E-state index contributed by atoms with van der Waals surface area (Å²) in [6.07, 6.45) is 3.49. The summed E-state index contributed by atoms with van der Waals surface area (Å²) in [5.74, 6) is 0. The van der Waals surface area contributed by atoms with E-state index in [1.54, 1.807) is 10.9 Å². The standard InChI is InChI=1S/C18H25N5O2/c1-15(22-7-9-25-10-8-22)11-19-18(24)21-17-12-20-23(14-17)13-16-5-3-2-4-6-16/h2-6,12,14-15H,7-11,13H2,1H3,(H2,19,21,24). The van der Waals surface area contributed by atoms with Crippen molar-refractivity contribution in [3.63, 3.8) is 0 Å². The normalized spacial score (nSPS) is 16.4. The highest BCUT2D eigenvalue weighted by Gasteiger charge is 2.17. The Balaban J connectivity index is 1.43. The van der Waals surface area contributed by atoms with Crippen LogP contribution in [0.1, 0.15) is 12.5 Å². The van der Waals surface area contributed by atoms with E-state index in [-0.39, 0.29) is 12.1 Å². The van der Waals surface area contributed by atoms with Crippen molar-refractivity contribution >= 4 is 11.7 Å². The van der Waals surface area contributed by atoms with Gasteiger partial charge in [0.15, 0.2) is 0 Å². The zero-order valence-corrected chi connectivity index (χ0v) is 14.5. The molecule has 1 unspecified atom stereocenters. The van der Waals surface area contributed by atoms with Crippen LogP contribution in [-0.2, 0) is 11.3 Å². The zero-order valence-electron chi connectivity index (χ0n) is 14.5. The molecule has 1 aromatic carbocycles. The molecule has 2 N–H and O–H groups in total. The average Bonchev–Trinajstić information content (AvgIpc) is 3.08. The number of urea groups is 1. The lowest BCUT2D eigenvalue weighted by Gasteiger charge is -2.32. The van der Waals surface area contributed by atoms with Gasteiger partial charge < -0.3 is 15.4 Å². The van der Waals surface area contributed by atoms with E-state index in [1.165, 1.54) is 5.56 Å². The Labute approximate surface area is 148 Å². The maximum atomic E-state index is 12.1. The SMILES string of the molecule is CC(CNC(=O)Nc1cnn(Cc2ccccc2)c1)N1CCOCC1. The molecule has 2 heterocycles. The van der Waals surface area contributed by atoms with Gasteiger partial charge in [-0.3, -0.25) is 9.58 Å². The molecular formula is C18H25N5O2. The minimum atomic E-state index is -0.209.